The van der Waals surface area contributed by atoms with Crippen LogP contribution in [0.25, 0.3) is 89.0 Å². The first kappa shape index (κ1) is 41.5. The summed E-state index contributed by atoms with van der Waals surface area (Å²) in [5.74, 6) is 0. The Morgan fingerprint density at radius 2 is 0.545 bits per heavy atom. The minimum atomic E-state index is -0.562. The second kappa shape index (κ2) is 17.7. The van der Waals surface area contributed by atoms with Crippen LogP contribution in [-0.4, -0.2) is 23.4 Å². The topological polar surface area (TPSA) is 65.5 Å². The van der Waals surface area contributed by atoms with E-state index in [1.807, 2.05) is 24.3 Å². The summed E-state index contributed by atoms with van der Waals surface area (Å²) in [6.07, 6.45) is -0.761. The summed E-state index contributed by atoms with van der Waals surface area (Å²) in [7, 11) is 0. The van der Waals surface area contributed by atoms with Crippen LogP contribution in [0.4, 0.5) is 0 Å². The Morgan fingerprint density at radius 3 is 0.773 bits per heavy atom. The summed E-state index contributed by atoms with van der Waals surface area (Å²) in [6, 6.07) is 74.1. The molecule has 4 nitrogen and oxygen atoms in total. The maximum Gasteiger partial charge on any atom is 0.106 e. The number of benzene rings is 9. The number of ether oxygens (including phenoxy) is 2. The van der Waals surface area contributed by atoms with Crippen molar-refractivity contribution in [3.05, 3.63) is 229 Å². The highest BCUT2D eigenvalue weighted by molar-refractivity contribution is 6.04. The van der Waals surface area contributed by atoms with Crippen molar-refractivity contribution in [3.8, 4) is 89.0 Å². The quantitative estimate of drug-likeness (QED) is 0.120. The third kappa shape index (κ3) is 8.21. The van der Waals surface area contributed by atoms with Crippen LogP contribution in [-0.2, 0) is 9.47 Å². The average molecular weight is 859 g/mol. The molecule has 9 aromatic rings. The summed E-state index contributed by atoms with van der Waals surface area (Å²) in [5, 5.41) is 20.9. The van der Waals surface area contributed by atoms with E-state index in [0.29, 0.717) is 0 Å². The Balaban J connectivity index is 1.21. The Hall–Kier alpha value is -7.18. The molecule has 66 heavy (non-hydrogen) atoms. The van der Waals surface area contributed by atoms with Gasteiger partial charge in [-0.1, -0.05) is 194 Å². The van der Waals surface area contributed by atoms with Gasteiger partial charge in [-0.15, -0.1) is 0 Å². The van der Waals surface area contributed by atoms with Gasteiger partial charge in [-0.2, -0.15) is 0 Å². The molecule has 2 heterocycles. The maximum absolute atomic E-state index is 10.5. The average Bonchev–Trinajstić information content (AvgIpc) is 4.32. The van der Waals surface area contributed by atoms with Crippen molar-refractivity contribution in [2.24, 2.45) is 0 Å². The first-order valence-corrected chi connectivity index (χ1v) is 22.9. The molecule has 2 fully saturated rings. The van der Waals surface area contributed by atoms with E-state index in [2.05, 4.69) is 182 Å². The lowest BCUT2D eigenvalue weighted by molar-refractivity contribution is 0.199. The Morgan fingerprint density at radius 1 is 0.318 bits per heavy atom. The second-order valence-electron chi connectivity index (χ2n) is 17.6. The van der Waals surface area contributed by atoms with Gasteiger partial charge in [0.15, 0.2) is 0 Å². The molecule has 0 bridgehead atoms. The van der Waals surface area contributed by atoms with Crippen LogP contribution in [0, 0.1) is 0 Å². The van der Waals surface area contributed by atoms with Gasteiger partial charge in [0.1, 0.15) is 12.2 Å². The molecule has 2 N–H and O–H groups in total. The number of hydrogen-bond acceptors (Lipinski definition) is 4. The van der Waals surface area contributed by atoms with Crippen LogP contribution >= 0.6 is 0 Å². The van der Waals surface area contributed by atoms with Crippen LogP contribution in [0.3, 0.4) is 0 Å². The van der Waals surface area contributed by atoms with Crippen molar-refractivity contribution < 1.29 is 19.7 Å². The minimum Gasteiger partial charge on any atom is -0.389 e. The van der Waals surface area contributed by atoms with Crippen LogP contribution in [0.1, 0.15) is 60.5 Å². The molecule has 0 radical (unpaired) electrons. The predicted molar refractivity (Wildman–Crippen MR) is 269 cm³/mol. The van der Waals surface area contributed by atoms with Crippen molar-refractivity contribution in [1.29, 1.82) is 0 Å². The van der Waals surface area contributed by atoms with Crippen LogP contribution < -0.4 is 0 Å². The number of aliphatic hydroxyl groups excluding tert-OH is 2. The summed E-state index contributed by atoms with van der Waals surface area (Å²) in [6.45, 7) is 5.15. The fourth-order valence-electron chi connectivity index (χ4n) is 9.49. The van der Waals surface area contributed by atoms with Gasteiger partial charge >= 0.3 is 0 Å². The van der Waals surface area contributed by atoms with E-state index >= 15 is 0 Å². The van der Waals surface area contributed by atoms with Gasteiger partial charge in [0, 0.05) is 0 Å². The molecule has 4 atom stereocenters. The Bertz CT molecular complexity index is 2760. The standard InChI is InChI=1S/C62H50O4/c1-39(63)41-19-23-43(24-20-41)49-11-3-7-15-53(49)57-35-59(55-17-9-5-13-51(55)45-27-31-47(32-28-45)61-37-65-61)60(56-18-10-6-14-52(56)46-29-33-48(34-30-46)62-38-66-62)36-58(57)54-16-8-4-12-50(54)44-25-21-42(22-26-44)40(2)64/h3-36,39-40,61-64H,37-38H2,1-2H3. The van der Waals surface area contributed by atoms with Crippen molar-refractivity contribution in [1.82, 2.24) is 0 Å². The lowest BCUT2D eigenvalue weighted by Crippen LogP contribution is -1.98. The van der Waals surface area contributed by atoms with Gasteiger partial charge in [0.25, 0.3) is 0 Å². The van der Waals surface area contributed by atoms with E-state index in [-0.39, 0.29) is 12.2 Å². The normalized spacial score (nSPS) is 16.1. The zero-order chi connectivity index (χ0) is 44.7. The number of epoxide rings is 2. The molecular weight excluding hydrogens is 809 g/mol. The number of hydrogen-bond donors (Lipinski definition) is 2. The summed E-state index contributed by atoms with van der Waals surface area (Å²) < 4.78 is 11.3. The molecule has 2 saturated heterocycles. The van der Waals surface area contributed by atoms with Crippen molar-refractivity contribution in [3.63, 3.8) is 0 Å². The molecule has 0 aliphatic carbocycles. The Labute approximate surface area is 387 Å². The summed E-state index contributed by atoms with van der Waals surface area (Å²) >= 11 is 0. The molecule has 0 spiro atoms. The molecule has 0 amide bonds. The molecule has 2 aliphatic heterocycles. The van der Waals surface area contributed by atoms with Crippen LogP contribution in [0.5, 0.6) is 0 Å². The largest absolute Gasteiger partial charge is 0.389 e. The van der Waals surface area contributed by atoms with E-state index in [0.717, 1.165) is 113 Å². The van der Waals surface area contributed by atoms with Gasteiger partial charge in [-0.25, -0.2) is 0 Å². The summed E-state index contributed by atoms with van der Waals surface area (Å²) in [4.78, 5) is 0. The minimum absolute atomic E-state index is 0.181. The van der Waals surface area contributed by atoms with E-state index in [9.17, 15) is 10.2 Å². The lowest BCUT2D eigenvalue weighted by atomic mass is 9.80. The van der Waals surface area contributed by atoms with E-state index < -0.39 is 12.2 Å². The highest BCUT2D eigenvalue weighted by atomic mass is 16.6. The zero-order valence-corrected chi connectivity index (χ0v) is 37.1. The van der Waals surface area contributed by atoms with Gasteiger partial charge in [0.2, 0.25) is 0 Å². The molecule has 0 saturated carbocycles. The highest BCUT2D eigenvalue weighted by Gasteiger charge is 2.27. The van der Waals surface area contributed by atoms with Gasteiger partial charge < -0.3 is 19.7 Å². The SMILES string of the molecule is CC(O)c1ccc(-c2ccccc2-c2cc(-c3ccccc3-c3ccc(C4CO4)cc3)c(-c3ccccc3-c3ccc(C4CO4)cc3)cc2-c2ccccc2-c2ccc(C(C)O)cc2)cc1. The van der Waals surface area contributed by atoms with Crippen molar-refractivity contribution in [2.75, 3.05) is 13.2 Å². The van der Waals surface area contributed by atoms with Crippen molar-refractivity contribution in [2.45, 2.75) is 38.3 Å². The first-order chi connectivity index (χ1) is 32.4. The molecule has 11 rings (SSSR count). The van der Waals surface area contributed by atoms with E-state index in [1.54, 1.807) is 13.8 Å². The van der Waals surface area contributed by atoms with Crippen LogP contribution in [0.15, 0.2) is 206 Å². The third-order valence-corrected chi connectivity index (χ3v) is 13.3. The smallest absolute Gasteiger partial charge is 0.106 e. The lowest BCUT2D eigenvalue weighted by Gasteiger charge is -2.24. The van der Waals surface area contributed by atoms with E-state index in [4.69, 9.17) is 9.47 Å². The molecule has 9 aromatic carbocycles. The molecule has 0 aromatic heterocycles. The third-order valence-electron chi connectivity index (χ3n) is 13.3. The van der Waals surface area contributed by atoms with Gasteiger partial charge in [-0.3, -0.25) is 0 Å². The fourth-order valence-corrected chi connectivity index (χ4v) is 9.49. The van der Waals surface area contributed by atoms with E-state index in [1.165, 1.54) is 11.1 Å². The van der Waals surface area contributed by atoms with Crippen molar-refractivity contribution >= 4 is 0 Å². The molecule has 4 unspecified atom stereocenters. The predicted octanol–water partition coefficient (Wildman–Crippen LogP) is 15.3. The molecule has 4 heteroatoms. The number of aliphatic hydroxyl groups is 2. The monoisotopic (exact) mass is 858 g/mol. The molecule has 2 aliphatic rings. The first-order valence-electron chi connectivity index (χ1n) is 22.9. The summed E-state index contributed by atoms with van der Waals surface area (Å²) in [5.41, 5.74) is 22.0. The second-order valence-corrected chi connectivity index (χ2v) is 17.6. The highest BCUT2D eigenvalue weighted by Crippen LogP contribution is 2.50. The zero-order valence-electron chi connectivity index (χ0n) is 37.1. The molecular formula is C62H50O4. The molecule has 322 valence electrons. The van der Waals surface area contributed by atoms with Crippen LogP contribution in [0.2, 0.25) is 0 Å². The maximum atomic E-state index is 10.5. The van der Waals surface area contributed by atoms with Gasteiger partial charge in [-0.05, 0) is 137 Å². The fraction of sp³-hybridized carbons (Fsp3) is 0.129. The van der Waals surface area contributed by atoms with Gasteiger partial charge in [0.05, 0.1) is 25.4 Å². The Kier molecular flexibility index (Phi) is 11.1. The number of rotatable bonds is 12.